The molecule has 2 rings (SSSR count). The molecule has 118 valence electrons. The number of hydrogen-bond donors (Lipinski definition) is 1. The number of hydrogen-bond acceptors (Lipinski definition) is 2. The Labute approximate surface area is 129 Å². The number of nitrogens with two attached hydrogens (primary N) is 1. The first-order valence-corrected chi connectivity index (χ1v) is 7.45. The van der Waals surface area contributed by atoms with Crippen LogP contribution in [0.3, 0.4) is 0 Å². The molecule has 2 aromatic rings. The zero-order valence-corrected chi connectivity index (χ0v) is 12.7. The molecule has 0 bridgehead atoms. The average Bonchev–Trinajstić information content (AvgIpc) is 2.52. The van der Waals surface area contributed by atoms with Crippen LogP contribution in [0.25, 0.3) is 0 Å². The van der Waals surface area contributed by atoms with E-state index in [9.17, 15) is 8.78 Å². The van der Waals surface area contributed by atoms with Gasteiger partial charge >= 0.3 is 0 Å². The molecule has 1 unspecified atom stereocenters. The van der Waals surface area contributed by atoms with Crippen LogP contribution in [0.5, 0.6) is 5.75 Å². The molecule has 0 aliphatic rings. The van der Waals surface area contributed by atoms with Gasteiger partial charge in [-0.25, -0.2) is 8.78 Å². The first kappa shape index (κ1) is 16.4. The summed E-state index contributed by atoms with van der Waals surface area (Å²) >= 11 is 0. The summed E-state index contributed by atoms with van der Waals surface area (Å²) in [6, 6.07) is 11.8. The number of rotatable bonds is 7. The summed E-state index contributed by atoms with van der Waals surface area (Å²) in [5.74, 6) is -1.12. The molecule has 0 spiro atoms. The zero-order chi connectivity index (χ0) is 15.9. The van der Waals surface area contributed by atoms with Crippen molar-refractivity contribution in [1.82, 2.24) is 0 Å². The third-order valence-corrected chi connectivity index (χ3v) is 3.77. The molecule has 0 saturated carbocycles. The van der Waals surface area contributed by atoms with Gasteiger partial charge in [-0.3, -0.25) is 0 Å². The lowest BCUT2D eigenvalue weighted by molar-refractivity contribution is 0.299. The van der Waals surface area contributed by atoms with Crippen LogP contribution < -0.4 is 10.5 Å². The highest BCUT2D eigenvalue weighted by Gasteiger charge is 2.11. The largest absolute Gasteiger partial charge is 0.493 e. The third kappa shape index (κ3) is 4.28. The smallest absolute Gasteiger partial charge is 0.162 e. The van der Waals surface area contributed by atoms with Crippen molar-refractivity contribution in [3.63, 3.8) is 0 Å². The Morgan fingerprint density at radius 2 is 1.86 bits per heavy atom. The van der Waals surface area contributed by atoms with Crippen molar-refractivity contribution in [2.24, 2.45) is 5.73 Å². The average molecular weight is 305 g/mol. The summed E-state index contributed by atoms with van der Waals surface area (Å²) < 4.78 is 31.3. The standard InChI is InChI=1S/C18H21F2NO/c1-13-5-2-3-7-16(13)14(12-21)6-4-10-22-15-8-9-17(19)18(20)11-15/h2-3,5,7-9,11,14H,4,6,10,12,21H2,1H3. The number of ether oxygens (including phenoxy) is 1. The molecule has 0 heterocycles. The predicted octanol–water partition coefficient (Wildman–Crippen LogP) is 4.17. The second-order valence-electron chi connectivity index (χ2n) is 5.36. The molecule has 0 amide bonds. The second kappa shape index (κ2) is 7.90. The Hall–Kier alpha value is -1.94. The number of benzene rings is 2. The summed E-state index contributed by atoms with van der Waals surface area (Å²) in [5.41, 5.74) is 8.37. The molecule has 2 N–H and O–H groups in total. The van der Waals surface area contributed by atoms with Gasteiger partial charge in [0.1, 0.15) is 5.75 Å². The molecule has 0 radical (unpaired) electrons. The second-order valence-corrected chi connectivity index (χ2v) is 5.36. The van der Waals surface area contributed by atoms with E-state index in [-0.39, 0.29) is 5.92 Å². The van der Waals surface area contributed by atoms with E-state index in [2.05, 4.69) is 19.1 Å². The van der Waals surface area contributed by atoms with Gasteiger partial charge in [-0.05, 0) is 55.5 Å². The maximum Gasteiger partial charge on any atom is 0.162 e. The Kier molecular flexibility index (Phi) is 5.90. The lowest BCUT2D eigenvalue weighted by Gasteiger charge is -2.17. The Morgan fingerprint density at radius 3 is 2.55 bits per heavy atom. The van der Waals surface area contributed by atoms with E-state index in [0.717, 1.165) is 25.0 Å². The van der Waals surface area contributed by atoms with E-state index >= 15 is 0 Å². The van der Waals surface area contributed by atoms with Crippen molar-refractivity contribution in [3.8, 4) is 5.75 Å². The molecule has 22 heavy (non-hydrogen) atoms. The fourth-order valence-electron chi connectivity index (χ4n) is 2.53. The number of halogens is 2. The van der Waals surface area contributed by atoms with Gasteiger partial charge < -0.3 is 10.5 Å². The fourth-order valence-corrected chi connectivity index (χ4v) is 2.53. The summed E-state index contributed by atoms with van der Waals surface area (Å²) in [7, 11) is 0. The molecular weight excluding hydrogens is 284 g/mol. The minimum atomic E-state index is -0.891. The summed E-state index contributed by atoms with van der Waals surface area (Å²) in [6.07, 6.45) is 1.69. The van der Waals surface area contributed by atoms with Crippen LogP contribution in [0, 0.1) is 18.6 Å². The predicted molar refractivity (Wildman–Crippen MR) is 84.1 cm³/mol. The SMILES string of the molecule is Cc1ccccc1C(CN)CCCOc1ccc(F)c(F)c1. The number of aryl methyl sites for hydroxylation is 1. The van der Waals surface area contributed by atoms with E-state index in [1.54, 1.807) is 0 Å². The van der Waals surface area contributed by atoms with Gasteiger partial charge in [-0.15, -0.1) is 0 Å². The molecule has 0 saturated heterocycles. The van der Waals surface area contributed by atoms with E-state index in [0.29, 0.717) is 18.9 Å². The van der Waals surface area contributed by atoms with Gasteiger partial charge in [0.15, 0.2) is 11.6 Å². The monoisotopic (exact) mass is 305 g/mol. The van der Waals surface area contributed by atoms with Gasteiger partial charge in [0.25, 0.3) is 0 Å². The van der Waals surface area contributed by atoms with Crippen LogP contribution in [0.2, 0.25) is 0 Å². The molecule has 1 atom stereocenters. The molecule has 0 aromatic heterocycles. The molecule has 0 aliphatic carbocycles. The van der Waals surface area contributed by atoms with Crippen molar-refractivity contribution in [1.29, 1.82) is 0 Å². The van der Waals surface area contributed by atoms with Crippen molar-refractivity contribution < 1.29 is 13.5 Å². The van der Waals surface area contributed by atoms with Crippen molar-refractivity contribution in [3.05, 3.63) is 65.2 Å². The van der Waals surface area contributed by atoms with Crippen LogP contribution in [0.15, 0.2) is 42.5 Å². The molecular formula is C18H21F2NO. The minimum Gasteiger partial charge on any atom is -0.493 e. The van der Waals surface area contributed by atoms with Crippen molar-refractivity contribution >= 4 is 0 Å². The van der Waals surface area contributed by atoms with Gasteiger partial charge in [0.05, 0.1) is 6.61 Å². The lowest BCUT2D eigenvalue weighted by Crippen LogP contribution is -2.14. The van der Waals surface area contributed by atoms with E-state index in [4.69, 9.17) is 10.5 Å². The van der Waals surface area contributed by atoms with Crippen LogP contribution >= 0.6 is 0 Å². The lowest BCUT2D eigenvalue weighted by atomic mass is 9.91. The third-order valence-electron chi connectivity index (χ3n) is 3.77. The van der Waals surface area contributed by atoms with Crippen LogP contribution in [-0.2, 0) is 0 Å². The van der Waals surface area contributed by atoms with Crippen LogP contribution in [0.1, 0.15) is 29.9 Å². The zero-order valence-electron chi connectivity index (χ0n) is 12.7. The normalized spacial score (nSPS) is 12.2. The van der Waals surface area contributed by atoms with Crippen molar-refractivity contribution in [2.75, 3.05) is 13.2 Å². The molecule has 0 fully saturated rings. The fraction of sp³-hybridized carbons (Fsp3) is 0.333. The van der Waals surface area contributed by atoms with E-state index in [1.165, 1.54) is 17.2 Å². The minimum absolute atomic E-state index is 0.287. The van der Waals surface area contributed by atoms with Gasteiger partial charge in [0.2, 0.25) is 0 Å². The highest BCUT2D eigenvalue weighted by atomic mass is 19.2. The summed E-state index contributed by atoms with van der Waals surface area (Å²) in [5, 5.41) is 0. The van der Waals surface area contributed by atoms with Crippen LogP contribution in [0.4, 0.5) is 8.78 Å². The Balaban J connectivity index is 1.84. The quantitative estimate of drug-likeness (QED) is 0.779. The highest BCUT2D eigenvalue weighted by molar-refractivity contribution is 5.29. The first-order chi connectivity index (χ1) is 10.6. The molecule has 2 aromatic carbocycles. The molecule has 2 nitrogen and oxygen atoms in total. The Morgan fingerprint density at radius 1 is 1.09 bits per heavy atom. The summed E-state index contributed by atoms with van der Waals surface area (Å²) in [4.78, 5) is 0. The highest BCUT2D eigenvalue weighted by Crippen LogP contribution is 2.23. The summed E-state index contributed by atoms with van der Waals surface area (Å²) in [6.45, 7) is 3.11. The van der Waals surface area contributed by atoms with Crippen molar-refractivity contribution in [2.45, 2.75) is 25.7 Å². The maximum absolute atomic E-state index is 13.1. The van der Waals surface area contributed by atoms with E-state index in [1.807, 2.05) is 12.1 Å². The topological polar surface area (TPSA) is 35.2 Å². The molecule has 4 heteroatoms. The van der Waals surface area contributed by atoms with Gasteiger partial charge in [0, 0.05) is 6.07 Å². The van der Waals surface area contributed by atoms with Gasteiger partial charge in [-0.2, -0.15) is 0 Å². The van der Waals surface area contributed by atoms with E-state index < -0.39 is 11.6 Å². The maximum atomic E-state index is 13.1. The van der Waals surface area contributed by atoms with Crippen LogP contribution in [-0.4, -0.2) is 13.2 Å². The first-order valence-electron chi connectivity index (χ1n) is 7.45. The van der Waals surface area contributed by atoms with Gasteiger partial charge in [-0.1, -0.05) is 24.3 Å². The molecule has 0 aliphatic heterocycles. The Bertz CT molecular complexity index is 616.